The number of hydrazine groups is 1. The molecule has 2 amide bonds. The first-order valence-electron chi connectivity index (χ1n) is 7.41. The van der Waals surface area contributed by atoms with Crippen LogP contribution in [-0.2, 0) is 0 Å². The third-order valence-corrected chi connectivity index (χ3v) is 4.07. The zero-order chi connectivity index (χ0) is 18.0. The van der Waals surface area contributed by atoms with Gasteiger partial charge in [0.2, 0.25) is 0 Å². The quantitative estimate of drug-likeness (QED) is 0.577. The van der Waals surface area contributed by atoms with Gasteiger partial charge < -0.3 is 5.11 Å². The number of phenols is 1. The summed E-state index contributed by atoms with van der Waals surface area (Å²) in [6.45, 7) is 1.79. The maximum atomic E-state index is 12.5. The van der Waals surface area contributed by atoms with Gasteiger partial charge in [0.15, 0.2) is 0 Å². The van der Waals surface area contributed by atoms with Crippen molar-refractivity contribution < 1.29 is 14.7 Å². The van der Waals surface area contributed by atoms with Crippen LogP contribution in [0, 0.1) is 6.92 Å². The van der Waals surface area contributed by atoms with Gasteiger partial charge in [-0.15, -0.1) is 0 Å². The highest BCUT2D eigenvalue weighted by atomic mass is 79.9. The van der Waals surface area contributed by atoms with Gasteiger partial charge >= 0.3 is 0 Å². The summed E-state index contributed by atoms with van der Waals surface area (Å²) < 4.78 is 0.818. The van der Waals surface area contributed by atoms with E-state index in [1.54, 1.807) is 31.2 Å². The van der Waals surface area contributed by atoms with Gasteiger partial charge in [-0.3, -0.25) is 25.4 Å². The minimum atomic E-state index is -0.609. The van der Waals surface area contributed by atoms with E-state index in [0.717, 1.165) is 4.47 Å². The zero-order valence-electron chi connectivity index (χ0n) is 13.2. The number of fused-ring (bicyclic) bond motifs is 1. The predicted molar refractivity (Wildman–Crippen MR) is 97.2 cm³/mol. The molecule has 6 nitrogen and oxygen atoms in total. The third kappa shape index (κ3) is 3.61. The summed E-state index contributed by atoms with van der Waals surface area (Å²) in [7, 11) is 0. The molecule has 0 atom stereocenters. The van der Waals surface area contributed by atoms with Crippen LogP contribution in [0.5, 0.6) is 5.75 Å². The maximum absolute atomic E-state index is 12.5. The number of nitrogens with zero attached hydrogens (tertiary/aromatic N) is 1. The van der Waals surface area contributed by atoms with Gasteiger partial charge in [0.05, 0.1) is 16.6 Å². The van der Waals surface area contributed by atoms with Gasteiger partial charge in [0.25, 0.3) is 11.8 Å². The van der Waals surface area contributed by atoms with Gasteiger partial charge in [0.1, 0.15) is 5.75 Å². The zero-order valence-corrected chi connectivity index (χ0v) is 14.8. The summed E-state index contributed by atoms with van der Waals surface area (Å²) >= 11 is 3.38. The summed E-state index contributed by atoms with van der Waals surface area (Å²) in [5.41, 5.74) is 6.51. The fourth-order valence-electron chi connectivity index (χ4n) is 2.43. The van der Waals surface area contributed by atoms with Crippen LogP contribution in [0.25, 0.3) is 10.9 Å². The van der Waals surface area contributed by atoms with Crippen LogP contribution >= 0.6 is 15.9 Å². The Morgan fingerprint density at radius 2 is 1.68 bits per heavy atom. The molecule has 0 fully saturated rings. The molecule has 7 heteroatoms. The molecule has 2 aromatic carbocycles. The number of para-hydroxylation sites is 1. The van der Waals surface area contributed by atoms with Crippen molar-refractivity contribution in [2.75, 3.05) is 0 Å². The molecule has 0 bridgehead atoms. The molecule has 3 rings (SSSR count). The Kier molecular flexibility index (Phi) is 4.67. The van der Waals surface area contributed by atoms with Crippen molar-refractivity contribution in [3.8, 4) is 5.75 Å². The average molecular weight is 400 g/mol. The first-order chi connectivity index (χ1) is 12.0. The third-order valence-electron chi connectivity index (χ3n) is 3.58. The number of hydrogen-bond donors (Lipinski definition) is 3. The number of pyridine rings is 1. The van der Waals surface area contributed by atoms with Crippen LogP contribution in [0.1, 0.15) is 26.4 Å². The number of halogens is 1. The minimum absolute atomic E-state index is 0.0707. The van der Waals surface area contributed by atoms with Gasteiger partial charge in [-0.1, -0.05) is 28.1 Å². The van der Waals surface area contributed by atoms with Crippen molar-refractivity contribution >= 4 is 38.6 Å². The molecule has 126 valence electrons. The van der Waals surface area contributed by atoms with Crippen molar-refractivity contribution in [2.24, 2.45) is 0 Å². The highest BCUT2D eigenvalue weighted by molar-refractivity contribution is 9.10. The van der Waals surface area contributed by atoms with Crippen molar-refractivity contribution in [2.45, 2.75) is 6.92 Å². The molecular formula is C18H14BrN3O3. The molecule has 0 saturated heterocycles. The van der Waals surface area contributed by atoms with Gasteiger partial charge in [0, 0.05) is 15.6 Å². The van der Waals surface area contributed by atoms with E-state index in [2.05, 4.69) is 31.8 Å². The highest BCUT2D eigenvalue weighted by Gasteiger charge is 2.15. The van der Waals surface area contributed by atoms with E-state index < -0.39 is 11.8 Å². The Morgan fingerprint density at radius 3 is 2.40 bits per heavy atom. The Hall–Kier alpha value is -2.93. The number of nitrogens with one attached hydrogen (secondary N) is 2. The SMILES string of the molecule is Cc1cc(C(=O)NNC(=O)c2ccccc2O)c2cc(Br)ccc2n1. The van der Waals surface area contributed by atoms with E-state index in [1.165, 1.54) is 12.1 Å². The molecule has 0 aliphatic heterocycles. The van der Waals surface area contributed by atoms with E-state index in [4.69, 9.17) is 0 Å². The number of carbonyl (C=O) groups excluding carboxylic acids is 2. The maximum Gasteiger partial charge on any atom is 0.273 e. The molecular weight excluding hydrogens is 386 g/mol. The van der Waals surface area contributed by atoms with Gasteiger partial charge in [-0.25, -0.2) is 0 Å². The normalized spacial score (nSPS) is 10.5. The lowest BCUT2D eigenvalue weighted by Gasteiger charge is -2.11. The Morgan fingerprint density at radius 1 is 1.00 bits per heavy atom. The monoisotopic (exact) mass is 399 g/mol. The van der Waals surface area contributed by atoms with E-state index in [1.807, 2.05) is 12.1 Å². The number of hydrogen-bond acceptors (Lipinski definition) is 4. The number of aromatic hydroxyl groups is 1. The molecule has 3 N–H and O–H groups in total. The standard InChI is InChI=1S/C18H14BrN3O3/c1-10-8-14(13-9-11(19)6-7-15(13)20-10)18(25)22-21-17(24)12-4-2-3-5-16(12)23/h2-9,23H,1H3,(H,21,24)(H,22,25). The molecule has 25 heavy (non-hydrogen) atoms. The Bertz CT molecular complexity index is 988. The van der Waals surface area contributed by atoms with E-state index in [0.29, 0.717) is 22.2 Å². The molecule has 0 radical (unpaired) electrons. The Balaban J connectivity index is 1.84. The van der Waals surface area contributed by atoms with Crippen LogP contribution in [0.15, 0.2) is 53.0 Å². The number of aryl methyl sites for hydroxylation is 1. The lowest BCUT2D eigenvalue weighted by atomic mass is 10.1. The number of carbonyl (C=O) groups is 2. The van der Waals surface area contributed by atoms with E-state index >= 15 is 0 Å². The Labute approximate surface area is 152 Å². The fraction of sp³-hybridized carbons (Fsp3) is 0.0556. The van der Waals surface area contributed by atoms with Crippen molar-refractivity contribution in [1.82, 2.24) is 15.8 Å². The number of aromatic nitrogens is 1. The van der Waals surface area contributed by atoms with E-state index in [9.17, 15) is 14.7 Å². The lowest BCUT2D eigenvalue weighted by Crippen LogP contribution is -2.41. The summed E-state index contributed by atoms with van der Waals surface area (Å²) in [6.07, 6.45) is 0. The second kappa shape index (κ2) is 6.90. The molecule has 0 spiro atoms. The van der Waals surface area contributed by atoms with Crippen LogP contribution < -0.4 is 10.9 Å². The van der Waals surface area contributed by atoms with E-state index in [-0.39, 0.29) is 11.3 Å². The van der Waals surface area contributed by atoms with Crippen molar-refractivity contribution in [1.29, 1.82) is 0 Å². The number of phenolic OH excluding ortho intramolecular Hbond substituents is 1. The second-order valence-corrected chi connectivity index (χ2v) is 6.31. The summed E-state index contributed by atoms with van der Waals surface area (Å²) in [5.74, 6) is -1.25. The molecule has 0 saturated carbocycles. The van der Waals surface area contributed by atoms with Crippen LogP contribution in [-0.4, -0.2) is 21.9 Å². The largest absolute Gasteiger partial charge is 0.507 e. The van der Waals surface area contributed by atoms with Crippen LogP contribution in [0.3, 0.4) is 0 Å². The first kappa shape index (κ1) is 16.9. The summed E-state index contributed by atoms with van der Waals surface area (Å²) in [4.78, 5) is 29.0. The van der Waals surface area contributed by atoms with Crippen LogP contribution in [0.4, 0.5) is 0 Å². The lowest BCUT2D eigenvalue weighted by molar-refractivity contribution is 0.0846. The topological polar surface area (TPSA) is 91.3 Å². The molecule has 0 aliphatic rings. The van der Waals surface area contributed by atoms with Crippen molar-refractivity contribution in [3.63, 3.8) is 0 Å². The van der Waals surface area contributed by atoms with Gasteiger partial charge in [-0.2, -0.15) is 0 Å². The second-order valence-electron chi connectivity index (χ2n) is 5.40. The average Bonchev–Trinajstić information content (AvgIpc) is 2.59. The smallest absolute Gasteiger partial charge is 0.273 e. The van der Waals surface area contributed by atoms with Crippen molar-refractivity contribution in [3.05, 3.63) is 69.8 Å². The number of benzene rings is 2. The first-order valence-corrected chi connectivity index (χ1v) is 8.20. The van der Waals surface area contributed by atoms with Gasteiger partial charge in [-0.05, 0) is 43.3 Å². The highest BCUT2D eigenvalue weighted by Crippen LogP contribution is 2.23. The minimum Gasteiger partial charge on any atom is -0.507 e. The van der Waals surface area contributed by atoms with Crippen LogP contribution in [0.2, 0.25) is 0 Å². The molecule has 0 aliphatic carbocycles. The molecule has 1 aromatic heterocycles. The predicted octanol–water partition coefficient (Wildman–Crippen LogP) is 3.09. The summed E-state index contributed by atoms with van der Waals surface area (Å²) in [6, 6.07) is 13.2. The molecule has 1 heterocycles. The summed E-state index contributed by atoms with van der Waals surface area (Å²) in [5, 5.41) is 10.3. The molecule has 3 aromatic rings. The fourth-order valence-corrected chi connectivity index (χ4v) is 2.79. The number of amides is 2. The molecule has 0 unspecified atom stereocenters. The number of rotatable bonds is 2.